The molecule has 1 saturated heterocycles. The second-order valence-corrected chi connectivity index (χ2v) is 5.66. The van der Waals surface area contributed by atoms with Crippen molar-refractivity contribution >= 4 is 11.8 Å². The fourth-order valence-corrected chi connectivity index (χ4v) is 2.49. The second kappa shape index (κ2) is 8.53. The zero-order chi connectivity index (χ0) is 16.7. The van der Waals surface area contributed by atoms with Crippen LogP contribution < -0.4 is 10.1 Å². The predicted octanol–water partition coefficient (Wildman–Crippen LogP) is 1.34. The number of hydrogen-bond acceptors (Lipinski definition) is 4. The fourth-order valence-electron chi connectivity index (χ4n) is 2.49. The normalized spacial score (nSPS) is 16.9. The molecule has 1 atom stereocenters. The van der Waals surface area contributed by atoms with E-state index in [0.29, 0.717) is 13.1 Å². The number of methoxy groups -OCH3 is 1. The molecule has 1 heterocycles. The maximum absolute atomic E-state index is 12.0. The molecule has 1 unspecified atom stereocenters. The third-order valence-electron chi connectivity index (χ3n) is 3.86. The molecule has 1 aromatic rings. The lowest BCUT2D eigenvalue weighted by molar-refractivity contribution is -0.135. The van der Waals surface area contributed by atoms with E-state index in [2.05, 4.69) is 5.32 Å². The quantitative estimate of drug-likeness (QED) is 0.823. The number of ether oxygens (including phenoxy) is 2. The lowest BCUT2D eigenvalue weighted by Gasteiger charge is -2.21. The number of benzene rings is 1. The molecule has 0 aromatic heterocycles. The Hall–Kier alpha value is -2.08. The lowest BCUT2D eigenvalue weighted by Crippen LogP contribution is -2.41. The molecule has 0 aliphatic carbocycles. The van der Waals surface area contributed by atoms with Crippen LogP contribution in [0.4, 0.5) is 0 Å². The predicted molar refractivity (Wildman–Crippen MR) is 86.1 cm³/mol. The van der Waals surface area contributed by atoms with Gasteiger partial charge in [-0.1, -0.05) is 12.1 Å². The summed E-state index contributed by atoms with van der Waals surface area (Å²) in [6.07, 6.45) is 2.12. The molecule has 126 valence electrons. The molecule has 6 heteroatoms. The van der Waals surface area contributed by atoms with Gasteiger partial charge < -0.3 is 19.7 Å². The van der Waals surface area contributed by atoms with Gasteiger partial charge in [0, 0.05) is 26.6 Å². The molecule has 0 radical (unpaired) electrons. The number of carbonyl (C=O) groups excluding carboxylic acids is 2. The highest BCUT2D eigenvalue weighted by atomic mass is 16.5. The monoisotopic (exact) mass is 320 g/mol. The van der Waals surface area contributed by atoms with E-state index in [4.69, 9.17) is 9.47 Å². The smallest absolute Gasteiger partial charge is 0.239 e. The van der Waals surface area contributed by atoms with Gasteiger partial charge in [0.15, 0.2) is 0 Å². The van der Waals surface area contributed by atoms with Crippen molar-refractivity contribution in [1.82, 2.24) is 10.2 Å². The van der Waals surface area contributed by atoms with E-state index >= 15 is 0 Å². The van der Waals surface area contributed by atoms with E-state index in [1.165, 1.54) is 11.8 Å². The minimum absolute atomic E-state index is 0.0497. The van der Waals surface area contributed by atoms with Gasteiger partial charge in [0.25, 0.3) is 0 Å². The molecule has 1 fully saturated rings. The van der Waals surface area contributed by atoms with Crippen LogP contribution in [-0.4, -0.2) is 49.6 Å². The van der Waals surface area contributed by atoms with E-state index in [0.717, 1.165) is 30.8 Å². The minimum atomic E-state index is -0.163. The van der Waals surface area contributed by atoms with Crippen LogP contribution in [0.1, 0.15) is 25.3 Å². The SMILES string of the molecule is COc1ccc(CN(CC(=O)NCC2CCCO2)C(C)=O)cc1. The lowest BCUT2D eigenvalue weighted by atomic mass is 10.2. The number of nitrogens with one attached hydrogen (secondary N) is 1. The summed E-state index contributed by atoms with van der Waals surface area (Å²) in [5.41, 5.74) is 0.952. The molecule has 6 nitrogen and oxygen atoms in total. The largest absolute Gasteiger partial charge is 0.497 e. The molecule has 0 bridgehead atoms. The first-order valence-corrected chi connectivity index (χ1v) is 7.85. The standard InChI is InChI=1S/C17H24N2O4/c1-13(20)19(11-14-5-7-15(22-2)8-6-14)12-17(21)18-10-16-4-3-9-23-16/h5-8,16H,3-4,9-12H2,1-2H3,(H,18,21). The molecule has 1 aromatic carbocycles. The van der Waals surface area contributed by atoms with Crippen LogP contribution >= 0.6 is 0 Å². The number of amides is 2. The Morgan fingerprint density at radius 2 is 2.09 bits per heavy atom. The number of rotatable bonds is 7. The van der Waals surface area contributed by atoms with Crippen molar-refractivity contribution in [1.29, 1.82) is 0 Å². The summed E-state index contributed by atoms with van der Waals surface area (Å²) in [4.78, 5) is 25.3. The maximum Gasteiger partial charge on any atom is 0.239 e. The Morgan fingerprint density at radius 1 is 1.35 bits per heavy atom. The summed E-state index contributed by atoms with van der Waals surface area (Å²) >= 11 is 0. The molecule has 0 saturated carbocycles. The van der Waals surface area contributed by atoms with Gasteiger partial charge >= 0.3 is 0 Å². The summed E-state index contributed by atoms with van der Waals surface area (Å²) < 4.78 is 10.6. The van der Waals surface area contributed by atoms with Crippen molar-refractivity contribution in [3.8, 4) is 5.75 Å². The third-order valence-corrected chi connectivity index (χ3v) is 3.86. The van der Waals surface area contributed by atoms with Crippen molar-refractivity contribution < 1.29 is 19.1 Å². The van der Waals surface area contributed by atoms with Gasteiger partial charge in [0.05, 0.1) is 19.8 Å². The highest BCUT2D eigenvalue weighted by molar-refractivity contribution is 5.83. The van der Waals surface area contributed by atoms with Crippen LogP contribution in [0, 0.1) is 0 Å². The number of carbonyl (C=O) groups is 2. The van der Waals surface area contributed by atoms with Gasteiger partial charge in [-0.2, -0.15) is 0 Å². The molecule has 2 rings (SSSR count). The Labute approximate surface area is 136 Å². The maximum atomic E-state index is 12.0. The van der Waals surface area contributed by atoms with Crippen LogP contribution in [-0.2, 0) is 20.9 Å². The Morgan fingerprint density at radius 3 is 2.65 bits per heavy atom. The molecule has 23 heavy (non-hydrogen) atoms. The molecule has 1 aliphatic rings. The first-order valence-electron chi connectivity index (χ1n) is 7.85. The molecule has 2 amide bonds. The van der Waals surface area contributed by atoms with Gasteiger partial charge in [-0.3, -0.25) is 9.59 Å². The minimum Gasteiger partial charge on any atom is -0.497 e. The van der Waals surface area contributed by atoms with Gasteiger partial charge in [0.1, 0.15) is 5.75 Å². The van der Waals surface area contributed by atoms with Gasteiger partial charge in [-0.15, -0.1) is 0 Å². The van der Waals surface area contributed by atoms with Crippen LogP contribution in [0.3, 0.4) is 0 Å². The molecular weight excluding hydrogens is 296 g/mol. The summed E-state index contributed by atoms with van der Waals surface area (Å²) in [6, 6.07) is 7.45. The van der Waals surface area contributed by atoms with Crippen LogP contribution in [0.15, 0.2) is 24.3 Å². The number of hydrogen-bond donors (Lipinski definition) is 1. The summed E-state index contributed by atoms with van der Waals surface area (Å²) in [5, 5.41) is 2.84. The van der Waals surface area contributed by atoms with Crippen molar-refractivity contribution in [3.05, 3.63) is 29.8 Å². The first-order chi connectivity index (χ1) is 11.1. The highest BCUT2D eigenvalue weighted by Crippen LogP contribution is 2.13. The zero-order valence-electron chi connectivity index (χ0n) is 13.7. The molecule has 1 aliphatic heterocycles. The van der Waals surface area contributed by atoms with Gasteiger partial charge in [0.2, 0.25) is 11.8 Å². The van der Waals surface area contributed by atoms with Crippen molar-refractivity contribution in [2.24, 2.45) is 0 Å². The Balaban J connectivity index is 1.84. The average Bonchev–Trinajstić information content (AvgIpc) is 3.06. The van der Waals surface area contributed by atoms with Crippen molar-refractivity contribution in [3.63, 3.8) is 0 Å². The van der Waals surface area contributed by atoms with Crippen molar-refractivity contribution in [2.45, 2.75) is 32.4 Å². The van der Waals surface area contributed by atoms with Gasteiger partial charge in [-0.25, -0.2) is 0 Å². The van der Waals surface area contributed by atoms with Crippen molar-refractivity contribution in [2.75, 3.05) is 26.8 Å². The van der Waals surface area contributed by atoms with E-state index < -0.39 is 0 Å². The molecule has 0 spiro atoms. The van der Waals surface area contributed by atoms with Gasteiger partial charge in [-0.05, 0) is 30.5 Å². The van der Waals surface area contributed by atoms with Crippen LogP contribution in [0.25, 0.3) is 0 Å². The third kappa shape index (κ3) is 5.56. The zero-order valence-corrected chi connectivity index (χ0v) is 13.7. The Kier molecular flexibility index (Phi) is 6.40. The number of nitrogens with zero attached hydrogens (tertiary/aromatic N) is 1. The second-order valence-electron chi connectivity index (χ2n) is 5.66. The highest BCUT2D eigenvalue weighted by Gasteiger charge is 2.18. The average molecular weight is 320 g/mol. The Bertz CT molecular complexity index is 524. The van der Waals surface area contributed by atoms with E-state index in [1.54, 1.807) is 7.11 Å². The molecular formula is C17H24N2O4. The van der Waals surface area contributed by atoms with E-state index in [1.807, 2.05) is 24.3 Å². The summed E-state index contributed by atoms with van der Waals surface area (Å²) in [6.45, 7) is 3.18. The fraction of sp³-hybridized carbons (Fsp3) is 0.529. The topological polar surface area (TPSA) is 67.9 Å². The summed E-state index contributed by atoms with van der Waals surface area (Å²) in [5.74, 6) is 0.467. The van der Waals surface area contributed by atoms with Crippen LogP contribution in [0.5, 0.6) is 5.75 Å². The van der Waals surface area contributed by atoms with E-state index in [-0.39, 0.29) is 24.5 Å². The van der Waals surface area contributed by atoms with E-state index in [9.17, 15) is 9.59 Å². The summed E-state index contributed by atoms with van der Waals surface area (Å²) in [7, 11) is 1.61. The van der Waals surface area contributed by atoms with Crippen LogP contribution in [0.2, 0.25) is 0 Å². The molecule has 1 N–H and O–H groups in total. The first kappa shape index (κ1) is 17.3.